The van der Waals surface area contributed by atoms with Crippen LogP contribution in [0.5, 0.6) is 5.75 Å². The molecule has 1 amide bonds. The van der Waals surface area contributed by atoms with E-state index in [1.54, 1.807) is 12.1 Å². The van der Waals surface area contributed by atoms with Crippen molar-refractivity contribution in [2.24, 2.45) is 0 Å². The van der Waals surface area contributed by atoms with Gasteiger partial charge in [0.05, 0.1) is 5.75 Å². The quantitative estimate of drug-likeness (QED) is 0.504. The monoisotopic (exact) mass is 305 g/mol. The van der Waals surface area contributed by atoms with Crippen molar-refractivity contribution in [1.29, 1.82) is 0 Å². The zero-order chi connectivity index (χ0) is 14.2. The molecule has 0 saturated heterocycles. The molecule has 0 atom stereocenters. The number of carbonyl (C=O) groups excluding carboxylic acids is 1. The number of nitrogens with one attached hydrogen (secondary N) is 1. The number of carbonyl (C=O) groups is 1. The molecule has 0 aliphatic heterocycles. The van der Waals surface area contributed by atoms with E-state index >= 15 is 0 Å². The molecular weight excluding hydrogens is 294 g/mol. The predicted octanol–water partition coefficient (Wildman–Crippen LogP) is 2.28. The number of rotatable bonds is 6. The Labute approximate surface area is 124 Å². The molecule has 20 heavy (non-hydrogen) atoms. The fraction of sp³-hybridized carbons (Fsp3) is 0.154. The highest BCUT2D eigenvalue weighted by Gasteiger charge is 2.08. The number of ether oxygens (including phenoxy) is 1. The van der Waals surface area contributed by atoms with E-state index in [1.807, 2.05) is 18.2 Å². The van der Waals surface area contributed by atoms with Crippen molar-refractivity contribution in [2.45, 2.75) is 4.34 Å². The summed E-state index contributed by atoms with van der Waals surface area (Å²) in [4.78, 5) is 11.7. The third-order valence-electron chi connectivity index (χ3n) is 2.04. The van der Waals surface area contributed by atoms with E-state index in [9.17, 15) is 4.79 Å². The van der Waals surface area contributed by atoms with E-state index in [-0.39, 0.29) is 12.5 Å². The van der Waals surface area contributed by atoms with Gasteiger partial charge in [0.2, 0.25) is 5.13 Å². The standard InChI is InChI=1S/C13H11N3O2S2/c1-2-8-19-13-16-15-12(20-13)14-11(17)9-18-10-6-4-3-5-7-10/h1,3-7H,8-9H2,(H,14,15,17). The van der Waals surface area contributed by atoms with Gasteiger partial charge in [0.1, 0.15) is 5.75 Å². The molecule has 2 aromatic rings. The Bertz CT molecular complexity index is 608. The van der Waals surface area contributed by atoms with Crippen molar-refractivity contribution in [3.8, 4) is 18.1 Å². The van der Waals surface area contributed by atoms with Crippen LogP contribution in [0, 0.1) is 12.3 Å². The second-order valence-corrected chi connectivity index (χ2v) is 5.72. The van der Waals surface area contributed by atoms with Gasteiger partial charge in [-0.1, -0.05) is 47.2 Å². The molecule has 1 N–H and O–H groups in total. The fourth-order valence-corrected chi connectivity index (χ4v) is 2.69. The van der Waals surface area contributed by atoms with Gasteiger partial charge in [-0.25, -0.2) is 0 Å². The van der Waals surface area contributed by atoms with Gasteiger partial charge in [-0.2, -0.15) is 0 Å². The van der Waals surface area contributed by atoms with Crippen LogP contribution in [0.2, 0.25) is 0 Å². The molecule has 0 fully saturated rings. The third-order valence-corrected chi connectivity index (χ3v) is 3.92. The minimum absolute atomic E-state index is 0.0730. The van der Waals surface area contributed by atoms with Gasteiger partial charge < -0.3 is 4.74 Å². The Morgan fingerprint density at radius 1 is 1.40 bits per heavy atom. The molecule has 1 aromatic carbocycles. The molecule has 0 aliphatic rings. The Morgan fingerprint density at radius 3 is 2.95 bits per heavy atom. The SMILES string of the molecule is C#CCSc1nnc(NC(=O)COc2ccccc2)s1. The first kappa shape index (κ1) is 14.4. The number of thioether (sulfide) groups is 1. The molecule has 0 aliphatic carbocycles. The van der Waals surface area contributed by atoms with E-state index in [0.29, 0.717) is 16.6 Å². The number of hydrogen-bond acceptors (Lipinski definition) is 6. The van der Waals surface area contributed by atoms with Crippen LogP contribution in [0.1, 0.15) is 0 Å². The second kappa shape index (κ2) is 7.53. The minimum atomic E-state index is -0.279. The molecule has 0 unspecified atom stereocenters. The van der Waals surface area contributed by atoms with Crippen LogP contribution in [0.25, 0.3) is 0 Å². The van der Waals surface area contributed by atoms with E-state index < -0.39 is 0 Å². The number of benzene rings is 1. The molecule has 2 rings (SSSR count). The fourth-order valence-electron chi connectivity index (χ4n) is 1.24. The number of aromatic nitrogens is 2. The van der Waals surface area contributed by atoms with Crippen molar-refractivity contribution >= 4 is 34.1 Å². The van der Waals surface area contributed by atoms with Gasteiger partial charge in [-0.05, 0) is 12.1 Å². The van der Waals surface area contributed by atoms with Crippen LogP contribution in [0.15, 0.2) is 34.7 Å². The second-order valence-electron chi connectivity index (χ2n) is 3.52. The molecule has 0 bridgehead atoms. The molecule has 0 spiro atoms. The summed E-state index contributed by atoms with van der Waals surface area (Å²) in [6.45, 7) is -0.0730. The smallest absolute Gasteiger partial charge is 0.264 e. The number of terminal acetylenes is 1. The average Bonchev–Trinajstić information content (AvgIpc) is 2.91. The highest BCUT2D eigenvalue weighted by molar-refractivity contribution is 8.01. The Hall–Kier alpha value is -2.04. The molecule has 7 heteroatoms. The summed E-state index contributed by atoms with van der Waals surface area (Å²) in [6.07, 6.45) is 5.16. The van der Waals surface area contributed by atoms with Crippen LogP contribution in [-0.4, -0.2) is 28.5 Å². The molecule has 102 valence electrons. The van der Waals surface area contributed by atoms with Gasteiger partial charge >= 0.3 is 0 Å². The summed E-state index contributed by atoms with van der Waals surface area (Å²) in [5.41, 5.74) is 0. The van der Waals surface area contributed by atoms with E-state index in [0.717, 1.165) is 4.34 Å². The zero-order valence-corrected chi connectivity index (χ0v) is 12.0. The molecule has 5 nitrogen and oxygen atoms in total. The third kappa shape index (κ3) is 4.57. The Kier molecular flexibility index (Phi) is 5.41. The van der Waals surface area contributed by atoms with Gasteiger partial charge in [0, 0.05) is 0 Å². The predicted molar refractivity (Wildman–Crippen MR) is 80.0 cm³/mol. The van der Waals surface area contributed by atoms with E-state index in [1.165, 1.54) is 23.1 Å². The normalized spacial score (nSPS) is 9.75. The maximum Gasteiger partial charge on any atom is 0.264 e. The lowest BCUT2D eigenvalue weighted by Crippen LogP contribution is -2.20. The number of nitrogens with zero attached hydrogens (tertiary/aromatic N) is 2. The molecular formula is C13H11N3O2S2. The zero-order valence-electron chi connectivity index (χ0n) is 10.4. The van der Waals surface area contributed by atoms with Crippen LogP contribution in [0.3, 0.4) is 0 Å². The summed E-state index contributed by atoms with van der Waals surface area (Å²) in [5.74, 6) is 3.39. The first-order valence-electron chi connectivity index (χ1n) is 5.65. The maximum atomic E-state index is 11.7. The number of anilines is 1. The first-order valence-corrected chi connectivity index (χ1v) is 7.45. The van der Waals surface area contributed by atoms with E-state index in [4.69, 9.17) is 11.2 Å². The highest BCUT2D eigenvalue weighted by atomic mass is 32.2. The van der Waals surface area contributed by atoms with Crippen LogP contribution >= 0.6 is 23.1 Å². The Balaban J connectivity index is 1.79. The number of amides is 1. The van der Waals surface area contributed by atoms with Crippen molar-refractivity contribution in [3.05, 3.63) is 30.3 Å². The molecule has 0 radical (unpaired) electrons. The molecule has 0 saturated carbocycles. The lowest BCUT2D eigenvalue weighted by atomic mass is 10.3. The lowest BCUT2D eigenvalue weighted by molar-refractivity contribution is -0.118. The minimum Gasteiger partial charge on any atom is -0.484 e. The largest absolute Gasteiger partial charge is 0.484 e. The lowest BCUT2D eigenvalue weighted by Gasteiger charge is -2.04. The Morgan fingerprint density at radius 2 is 2.20 bits per heavy atom. The summed E-state index contributed by atoms with van der Waals surface area (Å²) in [6, 6.07) is 9.13. The van der Waals surface area contributed by atoms with E-state index in [2.05, 4.69) is 21.4 Å². The molecule has 1 heterocycles. The summed E-state index contributed by atoms with van der Waals surface area (Å²) >= 11 is 2.69. The number of hydrogen-bond donors (Lipinski definition) is 1. The van der Waals surface area contributed by atoms with Crippen LogP contribution in [0.4, 0.5) is 5.13 Å². The van der Waals surface area contributed by atoms with Gasteiger partial charge in [-0.3, -0.25) is 10.1 Å². The maximum absolute atomic E-state index is 11.7. The van der Waals surface area contributed by atoms with Crippen molar-refractivity contribution in [1.82, 2.24) is 10.2 Å². The molecule has 1 aromatic heterocycles. The summed E-state index contributed by atoms with van der Waals surface area (Å²) in [7, 11) is 0. The van der Waals surface area contributed by atoms with Crippen LogP contribution in [-0.2, 0) is 4.79 Å². The first-order chi connectivity index (χ1) is 9.78. The van der Waals surface area contributed by atoms with Gasteiger partial charge in [0.15, 0.2) is 10.9 Å². The van der Waals surface area contributed by atoms with Crippen LogP contribution < -0.4 is 10.1 Å². The topological polar surface area (TPSA) is 64.1 Å². The van der Waals surface area contributed by atoms with Gasteiger partial charge in [-0.15, -0.1) is 16.6 Å². The van der Waals surface area contributed by atoms with Gasteiger partial charge in [0.25, 0.3) is 5.91 Å². The summed E-state index contributed by atoms with van der Waals surface area (Å²) < 4.78 is 6.05. The average molecular weight is 305 g/mol. The highest BCUT2D eigenvalue weighted by Crippen LogP contribution is 2.24. The van der Waals surface area contributed by atoms with Crippen molar-refractivity contribution in [3.63, 3.8) is 0 Å². The summed E-state index contributed by atoms with van der Waals surface area (Å²) in [5, 5.41) is 10.8. The van der Waals surface area contributed by atoms with Crippen molar-refractivity contribution < 1.29 is 9.53 Å². The van der Waals surface area contributed by atoms with Crippen molar-refractivity contribution in [2.75, 3.05) is 17.7 Å². The number of para-hydroxylation sites is 1.